The summed E-state index contributed by atoms with van der Waals surface area (Å²) in [7, 11) is 0. The number of nitriles is 1. The first-order valence-electron chi connectivity index (χ1n) is 12.3. The number of nitrogens with zero attached hydrogens (tertiary/aromatic N) is 2. The number of aryl methyl sites for hydroxylation is 2. The van der Waals surface area contributed by atoms with Crippen molar-refractivity contribution in [2.75, 3.05) is 10.2 Å². The molecule has 1 aliphatic rings. The lowest BCUT2D eigenvalue weighted by molar-refractivity contribution is -0.117. The van der Waals surface area contributed by atoms with Crippen LogP contribution in [0.3, 0.4) is 0 Å². The minimum Gasteiger partial charge on any atom is -0.321 e. The molecule has 5 nitrogen and oxygen atoms in total. The SMILES string of the molecule is CCCCc1ccc(NC(=O)/C(C#N)=C2/SC(Cc3ccc(C)c(Cl)c3)C(=O)N2c2ccccc2)cc1. The first kappa shape index (κ1) is 26.5. The predicted molar refractivity (Wildman–Crippen MR) is 152 cm³/mol. The lowest BCUT2D eigenvalue weighted by atomic mass is 10.1. The Labute approximate surface area is 227 Å². The van der Waals surface area contributed by atoms with Crippen molar-refractivity contribution < 1.29 is 9.59 Å². The van der Waals surface area contributed by atoms with Gasteiger partial charge in [0, 0.05) is 16.4 Å². The Bertz CT molecular complexity index is 1360. The fourth-order valence-corrected chi connectivity index (χ4v) is 5.62. The van der Waals surface area contributed by atoms with Gasteiger partial charge in [0.1, 0.15) is 16.7 Å². The standard InChI is InChI=1S/C30H28ClN3O2S/c1-3-4-8-21-13-15-23(16-14-21)33-28(35)25(19-32)30-34(24-9-6-5-7-10-24)29(36)27(37-30)18-22-12-11-20(2)26(31)17-22/h5-7,9-17,27H,3-4,8,18H2,1-2H3,(H,33,35)/b30-25+. The van der Waals surface area contributed by atoms with E-state index in [0.29, 0.717) is 27.8 Å². The van der Waals surface area contributed by atoms with E-state index in [-0.39, 0.29) is 11.5 Å². The Balaban J connectivity index is 1.64. The van der Waals surface area contributed by atoms with Crippen LogP contribution in [-0.2, 0) is 22.4 Å². The lowest BCUT2D eigenvalue weighted by Crippen LogP contribution is -2.30. The third kappa shape index (κ3) is 6.25. The van der Waals surface area contributed by atoms with Gasteiger partial charge >= 0.3 is 0 Å². The number of anilines is 2. The Morgan fingerprint density at radius 2 is 1.78 bits per heavy atom. The van der Waals surface area contributed by atoms with Crippen LogP contribution in [0.2, 0.25) is 5.02 Å². The molecule has 188 valence electrons. The highest BCUT2D eigenvalue weighted by Crippen LogP contribution is 2.42. The maximum atomic E-state index is 13.6. The second-order valence-corrected chi connectivity index (χ2v) is 10.5. The molecular weight excluding hydrogens is 502 g/mol. The van der Waals surface area contributed by atoms with Gasteiger partial charge in [0.15, 0.2) is 0 Å². The van der Waals surface area contributed by atoms with E-state index in [9.17, 15) is 14.9 Å². The van der Waals surface area contributed by atoms with Crippen LogP contribution in [0.25, 0.3) is 0 Å². The van der Waals surface area contributed by atoms with Crippen LogP contribution in [0.5, 0.6) is 0 Å². The fourth-order valence-electron chi connectivity index (χ4n) is 4.11. The number of nitrogens with one attached hydrogen (secondary N) is 1. The monoisotopic (exact) mass is 529 g/mol. The van der Waals surface area contributed by atoms with Crippen LogP contribution in [-0.4, -0.2) is 17.1 Å². The van der Waals surface area contributed by atoms with E-state index in [1.54, 1.807) is 12.1 Å². The van der Waals surface area contributed by atoms with Crippen molar-refractivity contribution in [3.05, 3.63) is 105 Å². The number of unbranched alkanes of at least 4 members (excludes halogenated alkanes) is 1. The van der Waals surface area contributed by atoms with Gasteiger partial charge in [0.05, 0.1) is 5.25 Å². The van der Waals surface area contributed by atoms with Crippen molar-refractivity contribution in [2.45, 2.75) is 44.8 Å². The number of hydrogen-bond donors (Lipinski definition) is 1. The molecule has 3 aromatic carbocycles. The predicted octanol–water partition coefficient (Wildman–Crippen LogP) is 7.06. The molecular formula is C30H28ClN3O2S. The van der Waals surface area contributed by atoms with Gasteiger partial charge in [0.25, 0.3) is 5.91 Å². The molecule has 0 saturated carbocycles. The number of benzene rings is 3. The highest BCUT2D eigenvalue weighted by atomic mass is 35.5. The Hall–Kier alpha value is -3.53. The summed E-state index contributed by atoms with van der Waals surface area (Å²) in [4.78, 5) is 28.3. The zero-order valence-corrected chi connectivity index (χ0v) is 22.4. The van der Waals surface area contributed by atoms with Crippen LogP contribution >= 0.6 is 23.4 Å². The van der Waals surface area contributed by atoms with Crippen molar-refractivity contribution >= 4 is 46.6 Å². The molecule has 4 rings (SSSR count). The van der Waals surface area contributed by atoms with Gasteiger partial charge in [0.2, 0.25) is 5.91 Å². The molecule has 0 spiro atoms. The van der Waals surface area contributed by atoms with Gasteiger partial charge in [-0.1, -0.05) is 79.2 Å². The number of carbonyl (C=O) groups is 2. The summed E-state index contributed by atoms with van der Waals surface area (Å²) in [5.41, 5.74) is 4.20. The maximum Gasteiger partial charge on any atom is 0.269 e. The zero-order chi connectivity index (χ0) is 26.4. The number of carbonyl (C=O) groups excluding carboxylic acids is 2. The van der Waals surface area contributed by atoms with E-state index in [1.165, 1.54) is 22.2 Å². The quantitative estimate of drug-likeness (QED) is 0.250. The summed E-state index contributed by atoms with van der Waals surface area (Å²) in [5.74, 6) is -0.720. The number of hydrogen-bond acceptors (Lipinski definition) is 4. The van der Waals surface area contributed by atoms with Gasteiger partial charge in [-0.05, 0) is 73.2 Å². The highest BCUT2D eigenvalue weighted by molar-refractivity contribution is 8.05. The molecule has 3 aromatic rings. The van der Waals surface area contributed by atoms with Crippen LogP contribution < -0.4 is 10.2 Å². The normalized spacial score (nSPS) is 16.4. The van der Waals surface area contributed by atoms with Gasteiger partial charge in [-0.2, -0.15) is 5.26 Å². The fraction of sp³-hybridized carbons (Fsp3) is 0.233. The minimum absolute atomic E-state index is 0.0956. The summed E-state index contributed by atoms with van der Waals surface area (Å²) in [5, 5.41) is 13.3. The van der Waals surface area contributed by atoms with Crippen molar-refractivity contribution in [3.8, 4) is 6.07 Å². The van der Waals surface area contributed by atoms with E-state index < -0.39 is 11.2 Å². The third-order valence-corrected chi connectivity index (χ3v) is 7.88. The largest absolute Gasteiger partial charge is 0.321 e. The van der Waals surface area contributed by atoms with Crippen LogP contribution in [0, 0.1) is 18.3 Å². The van der Waals surface area contributed by atoms with Crippen molar-refractivity contribution in [1.29, 1.82) is 5.26 Å². The Morgan fingerprint density at radius 3 is 2.43 bits per heavy atom. The van der Waals surface area contributed by atoms with Crippen LogP contribution in [0.4, 0.5) is 11.4 Å². The number of amides is 2. The molecule has 2 amide bonds. The summed E-state index contributed by atoms with van der Waals surface area (Å²) >= 11 is 7.55. The van der Waals surface area contributed by atoms with Gasteiger partial charge in [-0.15, -0.1) is 0 Å². The summed E-state index contributed by atoms with van der Waals surface area (Å²) < 4.78 is 0. The molecule has 1 saturated heterocycles. The summed E-state index contributed by atoms with van der Waals surface area (Å²) in [6.07, 6.45) is 3.63. The second kappa shape index (κ2) is 12.1. The second-order valence-electron chi connectivity index (χ2n) is 8.95. The third-order valence-electron chi connectivity index (χ3n) is 6.21. The summed E-state index contributed by atoms with van der Waals surface area (Å²) in [6, 6.07) is 24.5. The van der Waals surface area contributed by atoms with E-state index in [1.807, 2.05) is 67.6 Å². The van der Waals surface area contributed by atoms with Crippen molar-refractivity contribution in [2.24, 2.45) is 0 Å². The first-order valence-corrected chi connectivity index (χ1v) is 13.5. The molecule has 1 N–H and O–H groups in total. The molecule has 1 atom stereocenters. The number of thioether (sulfide) groups is 1. The average molecular weight is 530 g/mol. The van der Waals surface area contributed by atoms with Crippen LogP contribution in [0.1, 0.15) is 36.5 Å². The Kier molecular flexibility index (Phi) is 8.70. The molecule has 1 heterocycles. The topological polar surface area (TPSA) is 73.2 Å². The molecule has 0 aromatic heterocycles. The molecule has 0 aliphatic carbocycles. The molecule has 0 radical (unpaired) electrons. The zero-order valence-electron chi connectivity index (χ0n) is 20.8. The maximum absolute atomic E-state index is 13.6. The first-order chi connectivity index (χ1) is 17.9. The van der Waals surface area contributed by atoms with Gasteiger partial charge in [-0.25, -0.2) is 0 Å². The molecule has 1 unspecified atom stereocenters. The van der Waals surface area contributed by atoms with Gasteiger partial charge in [-0.3, -0.25) is 14.5 Å². The molecule has 1 aliphatic heterocycles. The van der Waals surface area contributed by atoms with Crippen molar-refractivity contribution in [3.63, 3.8) is 0 Å². The smallest absolute Gasteiger partial charge is 0.269 e. The number of rotatable bonds is 8. The molecule has 37 heavy (non-hydrogen) atoms. The number of para-hydroxylation sites is 1. The lowest BCUT2D eigenvalue weighted by Gasteiger charge is -2.18. The molecule has 0 bridgehead atoms. The Morgan fingerprint density at radius 1 is 1.08 bits per heavy atom. The van der Waals surface area contributed by atoms with Crippen molar-refractivity contribution in [1.82, 2.24) is 0 Å². The van der Waals surface area contributed by atoms with E-state index in [0.717, 1.165) is 30.4 Å². The van der Waals surface area contributed by atoms with Crippen LogP contribution in [0.15, 0.2) is 83.4 Å². The summed E-state index contributed by atoms with van der Waals surface area (Å²) in [6.45, 7) is 4.08. The number of halogens is 1. The molecule has 7 heteroatoms. The van der Waals surface area contributed by atoms with E-state index >= 15 is 0 Å². The van der Waals surface area contributed by atoms with Gasteiger partial charge < -0.3 is 5.32 Å². The highest BCUT2D eigenvalue weighted by Gasteiger charge is 2.40. The average Bonchev–Trinajstić information content (AvgIpc) is 3.21. The van der Waals surface area contributed by atoms with E-state index in [2.05, 4.69) is 18.3 Å². The van der Waals surface area contributed by atoms with E-state index in [4.69, 9.17) is 11.6 Å². The minimum atomic E-state index is -0.543. The molecule has 1 fully saturated rings.